The van der Waals surface area contributed by atoms with Crippen LogP contribution in [0.2, 0.25) is 0 Å². The third-order valence-corrected chi connectivity index (χ3v) is 2.83. The van der Waals surface area contributed by atoms with Crippen molar-refractivity contribution in [3.63, 3.8) is 0 Å². The van der Waals surface area contributed by atoms with Gasteiger partial charge in [0.2, 0.25) is 0 Å². The number of benzene rings is 1. The quantitative estimate of drug-likeness (QED) is 0.692. The van der Waals surface area contributed by atoms with E-state index in [0.29, 0.717) is 6.04 Å². The molecule has 0 bridgehead atoms. The first-order valence-electron chi connectivity index (χ1n) is 4.69. The third-order valence-electron chi connectivity index (χ3n) is 2.83. The van der Waals surface area contributed by atoms with Crippen LogP contribution in [0, 0.1) is 0 Å². The van der Waals surface area contributed by atoms with E-state index in [1.165, 1.54) is 11.1 Å². The Morgan fingerprint density at radius 1 is 1.38 bits per heavy atom. The predicted octanol–water partition coefficient (Wildman–Crippen LogP) is 1.04. The van der Waals surface area contributed by atoms with E-state index in [4.69, 9.17) is 5.11 Å². The summed E-state index contributed by atoms with van der Waals surface area (Å²) in [6, 6.07) is 8.77. The third kappa shape index (κ3) is 1.60. The molecule has 2 rings (SSSR count). The zero-order chi connectivity index (χ0) is 9.26. The van der Waals surface area contributed by atoms with Gasteiger partial charge in [-0.15, -0.1) is 0 Å². The fourth-order valence-corrected chi connectivity index (χ4v) is 1.92. The van der Waals surface area contributed by atoms with Crippen molar-refractivity contribution in [3.8, 4) is 0 Å². The number of hydrogen-bond donors (Lipinski definition) is 1. The van der Waals surface area contributed by atoms with Crippen LogP contribution < -0.4 is 0 Å². The van der Waals surface area contributed by atoms with Crippen molar-refractivity contribution in [2.75, 3.05) is 13.7 Å². The first kappa shape index (κ1) is 8.73. The van der Waals surface area contributed by atoms with E-state index in [-0.39, 0.29) is 6.61 Å². The SMILES string of the molecule is CN1Cc2ccccc2C[C@H]1CO. The molecule has 1 aromatic carbocycles. The molecule has 1 aliphatic heterocycles. The molecule has 1 aliphatic rings. The minimum Gasteiger partial charge on any atom is -0.395 e. The molecule has 13 heavy (non-hydrogen) atoms. The van der Waals surface area contributed by atoms with Crippen LogP contribution in [0.25, 0.3) is 0 Å². The molecule has 70 valence electrons. The first-order valence-corrected chi connectivity index (χ1v) is 4.69. The molecular weight excluding hydrogens is 162 g/mol. The van der Waals surface area contributed by atoms with Crippen molar-refractivity contribution in [1.29, 1.82) is 0 Å². The zero-order valence-electron chi connectivity index (χ0n) is 7.90. The summed E-state index contributed by atoms with van der Waals surface area (Å²) in [7, 11) is 2.07. The van der Waals surface area contributed by atoms with Crippen molar-refractivity contribution < 1.29 is 5.11 Å². The fraction of sp³-hybridized carbons (Fsp3) is 0.455. The molecule has 0 spiro atoms. The highest BCUT2D eigenvalue weighted by Crippen LogP contribution is 2.21. The zero-order valence-corrected chi connectivity index (χ0v) is 7.90. The molecule has 1 N–H and O–H groups in total. The van der Waals surface area contributed by atoms with Crippen LogP contribution in [0.15, 0.2) is 24.3 Å². The Balaban J connectivity index is 2.27. The number of likely N-dealkylation sites (N-methyl/N-ethyl adjacent to an activating group) is 1. The van der Waals surface area contributed by atoms with Crippen molar-refractivity contribution in [2.24, 2.45) is 0 Å². The Morgan fingerprint density at radius 2 is 2.08 bits per heavy atom. The number of fused-ring (bicyclic) bond motifs is 1. The Labute approximate surface area is 78.8 Å². The lowest BCUT2D eigenvalue weighted by Gasteiger charge is -2.32. The summed E-state index contributed by atoms with van der Waals surface area (Å²) in [5, 5.41) is 9.15. The second kappa shape index (κ2) is 3.48. The summed E-state index contributed by atoms with van der Waals surface area (Å²) >= 11 is 0. The lowest BCUT2D eigenvalue weighted by atomic mass is 9.95. The molecule has 2 heteroatoms. The molecule has 0 fully saturated rings. The van der Waals surface area contributed by atoms with Gasteiger partial charge in [0.15, 0.2) is 0 Å². The molecule has 0 saturated carbocycles. The molecule has 0 aromatic heterocycles. The number of rotatable bonds is 1. The lowest BCUT2D eigenvalue weighted by Crippen LogP contribution is -2.39. The van der Waals surface area contributed by atoms with Crippen LogP contribution in [0.5, 0.6) is 0 Å². The molecule has 0 aliphatic carbocycles. The van der Waals surface area contributed by atoms with Crippen molar-refractivity contribution in [2.45, 2.75) is 19.0 Å². The smallest absolute Gasteiger partial charge is 0.0590 e. The Kier molecular flexibility index (Phi) is 2.34. The summed E-state index contributed by atoms with van der Waals surface area (Å²) < 4.78 is 0. The number of aliphatic hydroxyl groups excluding tert-OH is 1. The van der Waals surface area contributed by atoms with Crippen molar-refractivity contribution in [3.05, 3.63) is 35.4 Å². The highest BCUT2D eigenvalue weighted by atomic mass is 16.3. The van der Waals surface area contributed by atoms with Crippen LogP contribution >= 0.6 is 0 Å². The monoisotopic (exact) mass is 177 g/mol. The summed E-state index contributed by atoms with van der Waals surface area (Å²) in [5.41, 5.74) is 2.79. The topological polar surface area (TPSA) is 23.5 Å². The van der Waals surface area contributed by atoms with E-state index in [1.807, 2.05) is 0 Å². The molecule has 0 amide bonds. The van der Waals surface area contributed by atoms with E-state index in [2.05, 4.69) is 36.2 Å². The number of aliphatic hydroxyl groups is 1. The van der Waals surface area contributed by atoms with E-state index in [0.717, 1.165) is 13.0 Å². The van der Waals surface area contributed by atoms with Gasteiger partial charge in [-0.3, -0.25) is 4.90 Å². The van der Waals surface area contributed by atoms with E-state index >= 15 is 0 Å². The molecule has 2 nitrogen and oxygen atoms in total. The highest BCUT2D eigenvalue weighted by molar-refractivity contribution is 5.29. The van der Waals surface area contributed by atoms with Crippen molar-refractivity contribution in [1.82, 2.24) is 4.90 Å². The molecular formula is C11H15NO. The molecule has 0 unspecified atom stereocenters. The molecule has 1 aromatic rings. The minimum atomic E-state index is 0.255. The maximum Gasteiger partial charge on any atom is 0.0590 e. The highest BCUT2D eigenvalue weighted by Gasteiger charge is 2.21. The van der Waals surface area contributed by atoms with Crippen LogP contribution in [0.3, 0.4) is 0 Å². The van der Waals surface area contributed by atoms with Crippen LogP contribution in [0.4, 0.5) is 0 Å². The van der Waals surface area contributed by atoms with E-state index in [1.54, 1.807) is 0 Å². The van der Waals surface area contributed by atoms with Gasteiger partial charge in [0.1, 0.15) is 0 Å². The Morgan fingerprint density at radius 3 is 2.77 bits per heavy atom. The predicted molar refractivity (Wildman–Crippen MR) is 52.5 cm³/mol. The van der Waals surface area contributed by atoms with Gasteiger partial charge in [-0.1, -0.05) is 24.3 Å². The Bertz CT molecular complexity index is 298. The van der Waals surface area contributed by atoms with Crippen LogP contribution in [-0.2, 0) is 13.0 Å². The van der Waals surface area contributed by atoms with Crippen molar-refractivity contribution >= 4 is 0 Å². The molecule has 0 saturated heterocycles. The van der Waals surface area contributed by atoms with Gasteiger partial charge in [-0.05, 0) is 24.6 Å². The summed E-state index contributed by atoms with van der Waals surface area (Å²) in [6.07, 6.45) is 0.975. The average Bonchev–Trinajstić information content (AvgIpc) is 2.17. The second-order valence-corrected chi connectivity index (χ2v) is 3.72. The van der Waals surface area contributed by atoms with E-state index in [9.17, 15) is 0 Å². The standard InChI is InChI=1S/C11H15NO/c1-12-7-10-5-3-2-4-9(10)6-11(12)8-13/h2-5,11,13H,6-8H2,1H3/t11-/m0/s1. The molecule has 1 atom stereocenters. The Hall–Kier alpha value is -0.860. The summed E-state index contributed by atoms with van der Waals surface area (Å²) in [6.45, 7) is 1.21. The summed E-state index contributed by atoms with van der Waals surface area (Å²) in [4.78, 5) is 2.21. The largest absolute Gasteiger partial charge is 0.395 e. The number of hydrogen-bond acceptors (Lipinski definition) is 2. The van der Waals surface area contributed by atoms with Crippen LogP contribution in [0.1, 0.15) is 11.1 Å². The van der Waals surface area contributed by atoms with Gasteiger partial charge in [-0.2, -0.15) is 0 Å². The fourth-order valence-electron chi connectivity index (χ4n) is 1.92. The van der Waals surface area contributed by atoms with Gasteiger partial charge in [0.25, 0.3) is 0 Å². The van der Waals surface area contributed by atoms with Gasteiger partial charge in [0, 0.05) is 12.6 Å². The minimum absolute atomic E-state index is 0.255. The van der Waals surface area contributed by atoms with Gasteiger partial charge in [0.05, 0.1) is 6.61 Å². The average molecular weight is 177 g/mol. The van der Waals surface area contributed by atoms with Gasteiger partial charge >= 0.3 is 0 Å². The van der Waals surface area contributed by atoms with Crippen LogP contribution in [-0.4, -0.2) is 29.7 Å². The molecule has 0 radical (unpaired) electrons. The normalized spacial score (nSPS) is 22.8. The first-order chi connectivity index (χ1) is 6.31. The molecule has 1 heterocycles. The second-order valence-electron chi connectivity index (χ2n) is 3.72. The van der Waals surface area contributed by atoms with Gasteiger partial charge < -0.3 is 5.11 Å². The lowest BCUT2D eigenvalue weighted by molar-refractivity contribution is 0.131. The summed E-state index contributed by atoms with van der Waals surface area (Å²) in [5.74, 6) is 0. The maximum absolute atomic E-state index is 9.15. The maximum atomic E-state index is 9.15. The number of nitrogens with zero attached hydrogens (tertiary/aromatic N) is 1. The van der Waals surface area contributed by atoms with Gasteiger partial charge in [-0.25, -0.2) is 0 Å². The van der Waals surface area contributed by atoms with E-state index < -0.39 is 0 Å².